The van der Waals surface area contributed by atoms with E-state index in [1.807, 2.05) is 0 Å². The second kappa shape index (κ2) is 7.87. The Morgan fingerprint density at radius 2 is 2.04 bits per heavy atom. The molecule has 27 heavy (non-hydrogen) atoms. The van der Waals surface area contributed by atoms with E-state index in [0.717, 1.165) is 0 Å². The first kappa shape index (κ1) is 21.2. The maximum Gasteiger partial charge on any atom is 1.00 e. The van der Waals surface area contributed by atoms with E-state index >= 15 is 0 Å². The zero-order valence-electron chi connectivity index (χ0n) is 15.9. The molecule has 0 aromatic heterocycles. The first-order chi connectivity index (χ1) is 12.2. The van der Waals surface area contributed by atoms with E-state index in [0.29, 0.717) is 13.0 Å². The van der Waals surface area contributed by atoms with Crippen LogP contribution in [0.3, 0.4) is 0 Å². The number of nitrogens with one attached hydrogen (secondary N) is 1. The molecule has 3 heterocycles. The van der Waals surface area contributed by atoms with Crippen LogP contribution in [0, 0.1) is 5.92 Å². The molecule has 0 aliphatic carbocycles. The summed E-state index contributed by atoms with van der Waals surface area (Å²) in [6.45, 7) is 0.960. The monoisotopic (exact) mass is 390 g/mol. The van der Waals surface area contributed by atoms with Crippen LogP contribution in [0.1, 0.15) is 14.8 Å². The minimum absolute atomic E-state index is 0. The van der Waals surface area contributed by atoms with E-state index in [1.165, 1.54) is 16.7 Å². The summed E-state index contributed by atoms with van der Waals surface area (Å²) in [6, 6.07) is -0.974. The molecule has 3 aliphatic rings. The quantitative estimate of drug-likeness (QED) is 0.313. The summed E-state index contributed by atoms with van der Waals surface area (Å²) in [5.74, 6) is -2.84. The molecule has 0 unspecified atom stereocenters. The van der Waals surface area contributed by atoms with Crippen LogP contribution < -0.4 is 40.6 Å². The number of carboxylic acids is 1. The molecular formula is C15H19N4NaO7. The van der Waals surface area contributed by atoms with Gasteiger partial charge in [-0.1, -0.05) is 0 Å². The predicted octanol–water partition coefficient (Wildman–Crippen LogP) is -4.89. The molecule has 4 N–H and O–H groups in total. The summed E-state index contributed by atoms with van der Waals surface area (Å²) >= 11 is 0. The minimum Gasteiger partial charge on any atom is -1.00 e. The molecule has 0 bridgehead atoms. The molecule has 3 rings (SSSR count). The normalized spacial score (nSPS) is 25.2. The van der Waals surface area contributed by atoms with Gasteiger partial charge in [0.2, 0.25) is 11.8 Å². The molecule has 3 atom stereocenters. The Morgan fingerprint density at radius 1 is 1.37 bits per heavy atom. The van der Waals surface area contributed by atoms with Gasteiger partial charge >= 0.3 is 41.6 Å². The fourth-order valence-electron chi connectivity index (χ4n) is 3.85. The number of carbonyl (C=O) groups is 5. The van der Waals surface area contributed by atoms with Gasteiger partial charge in [0.1, 0.15) is 18.3 Å². The molecule has 11 nitrogen and oxygen atoms in total. The van der Waals surface area contributed by atoms with Gasteiger partial charge in [-0.2, -0.15) is 0 Å². The van der Waals surface area contributed by atoms with Crippen molar-refractivity contribution >= 4 is 29.8 Å². The van der Waals surface area contributed by atoms with E-state index in [1.54, 1.807) is 0 Å². The fourth-order valence-corrected chi connectivity index (χ4v) is 3.85. The standard InChI is InChI=1S/C15H18N4O7.Na.H/c1-6(20)18-4-7-2-8(5-26-15(25)17-3-9(16)21)11(14(23)24)19-10(7)12(18)13(19)22;;/h7,10,12H,2-5H2,1H3,(H2,16,21)(H,17,25)(H,23,24);;/q;+1;-1/t7-,10-,12+;;/m1../s1. The van der Waals surface area contributed by atoms with Gasteiger partial charge in [0, 0.05) is 19.4 Å². The summed E-state index contributed by atoms with van der Waals surface area (Å²) in [7, 11) is 0. The van der Waals surface area contributed by atoms with Crippen molar-refractivity contribution in [2.45, 2.75) is 25.4 Å². The van der Waals surface area contributed by atoms with Crippen LogP contribution in [0.2, 0.25) is 0 Å². The summed E-state index contributed by atoms with van der Waals surface area (Å²) in [4.78, 5) is 60.6. The first-order valence-electron chi connectivity index (χ1n) is 7.97. The number of aliphatic carboxylic acids is 1. The summed E-state index contributed by atoms with van der Waals surface area (Å²) < 4.78 is 4.94. The molecule has 142 valence electrons. The van der Waals surface area contributed by atoms with Gasteiger partial charge in [-0.15, -0.1) is 0 Å². The molecule has 0 aromatic carbocycles. The van der Waals surface area contributed by atoms with Gasteiger partial charge in [-0.25, -0.2) is 9.59 Å². The SMILES string of the molecule is CC(=O)N1C[C@H]2CC(COC(=O)NCC(N)=O)=C(C(=O)O)N3C(=O)[C@@H]1[C@@H]23.[H-].[Na+]. The van der Waals surface area contributed by atoms with Gasteiger partial charge in [0.15, 0.2) is 0 Å². The molecule has 0 spiro atoms. The molecule has 2 fully saturated rings. The number of likely N-dealkylation sites (tertiary alicyclic amines) is 1. The van der Waals surface area contributed by atoms with Gasteiger partial charge in [0.25, 0.3) is 5.91 Å². The summed E-state index contributed by atoms with van der Waals surface area (Å²) in [5.41, 5.74) is 4.98. The fraction of sp³-hybridized carbons (Fsp3) is 0.533. The van der Waals surface area contributed by atoms with Crippen LogP contribution >= 0.6 is 0 Å². The van der Waals surface area contributed by atoms with E-state index in [4.69, 9.17) is 10.5 Å². The largest absolute Gasteiger partial charge is 1.00 e. The predicted molar refractivity (Wildman–Crippen MR) is 84.2 cm³/mol. The van der Waals surface area contributed by atoms with Crippen molar-refractivity contribution in [1.82, 2.24) is 15.1 Å². The van der Waals surface area contributed by atoms with Crippen molar-refractivity contribution in [3.63, 3.8) is 0 Å². The Balaban J connectivity index is 0.00000196. The number of hydrogen-bond donors (Lipinski definition) is 3. The van der Waals surface area contributed by atoms with Crippen molar-refractivity contribution in [2.24, 2.45) is 11.7 Å². The molecule has 0 radical (unpaired) electrons. The van der Waals surface area contributed by atoms with Crippen LogP contribution in [0.5, 0.6) is 0 Å². The molecule has 12 heteroatoms. The zero-order valence-corrected chi connectivity index (χ0v) is 16.9. The van der Waals surface area contributed by atoms with Crippen molar-refractivity contribution in [2.75, 3.05) is 19.7 Å². The van der Waals surface area contributed by atoms with Crippen molar-refractivity contribution in [3.8, 4) is 0 Å². The molecule has 3 aliphatic heterocycles. The third-order valence-electron chi connectivity index (χ3n) is 4.84. The average molecular weight is 390 g/mol. The van der Waals surface area contributed by atoms with E-state index in [-0.39, 0.29) is 66.7 Å². The number of nitrogens with zero attached hydrogens (tertiary/aromatic N) is 2. The number of rotatable bonds is 5. The Labute approximate surface area is 177 Å². The number of ether oxygens (including phenoxy) is 1. The van der Waals surface area contributed by atoms with Crippen molar-refractivity contribution in [3.05, 3.63) is 11.3 Å². The number of carbonyl (C=O) groups excluding carboxylic acids is 4. The van der Waals surface area contributed by atoms with Crippen LogP contribution in [0.25, 0.3) is 0 Å². The summed E-state index contributed by atoms with van der Waals surface area (Å²) in [5, 5.41) is 11.6. The van der Waals surface area contributed by atoms with Gasteiger partial charge in [-0.05, 0) is 12.0 Å². The van der Waals surface area contributed by atoms with Crippen molar-refractivity contribution in [1.29, 1.82) is 0 Å². The number of nitrogens with two attached hydrogens (primary N) is 1. The summed E-state index contributed by atoms with van der Waals surface area (Å²) in [6.07, 6.45) is -0.632. The molecular weight excluding hydrogens is 371 g/mol. The van der Waals surface area contributed by atoms with E-state index in [9.17, 15) is 29.1 Å². The Hall–Kier alpha value is -2.11. The van der Waals surface area contributed by atoms with E-state index < -0.39 is 36.5 Å². The minimum atomic E-state index is -1.30. The van der Waals surface area contributed by atoms with Gasteiger partial charge in [0.05, 0.1) is 12.6 Å². The number of β-lactam (4-membered cyclic amide) rings is 1. The van der Waals surface area contributed by atoms with Crippen LogP contribution in [-0.2, 0) is 23.9 Å². The van der Waals surface area contributed by atoms with E-state index in [2.05, 4.69) is 5.32 Å². The van der Waals surface area contributed by atoms with Gasteiger partial charge in [-0.3, -0.25) is 19.3 Å². The van der Waals surface area contributed by atoms with Crippen molar-refractivity contribution < 1.29 is 64.8 Å². The average Bonchev–Trinajstić information content (AvgIpc) is 2.93. The number of hydrogen-bond acceptors (Lipinski definition) is 6. The smallest absolute Gasteiger partial charge is 1.00 e. The zero-order chi connectivity index (χ0) is 19.2. The number of alkyl carbamates (subject to hydrolysis) is 1. The Kier molecular flexibility index (Phi) is 6.17. The number of primary amides is 1. The topological polar surface area (TPSA) is 159 Å². The van der Waals surface area contributed by atoms with Gasteiger partial charge < -0.3 is 27.2 Å². The first-order valence-corrected chi connectivity index (χ1v) is 7.97. The Morgan fingerprint density at radius 3 is 2.59 bits per heavy atom. The number of carboxylic acid groups (broad SMARTS) is 1. The molecule has 4 amide bonds. The van der Waals surface area contributed by atoms with Crippen LogP contribution in [0.15, 0.2) is 11.3 Å². The molecule has 0 aromatic rings. The maximum atomic E-state index is 12.4. The van der Waals surface area contributed by atoms with Crippen LogP contribution in [-0.4, -0.2) is 76.5 Å². The van der Waals surface area contributed by atoms with Crippen LogP contribution in [0.4, 0.5) is 4.79 Å². The second-order valence-corrected chi connectivity index (χ2v) is 6.43. The Bertz CT molecular complexity index is 759. The number of amides is 4. The third kappa shape index (κ3) is 3.66. The third-order valence-corrected chi connectivity index (χ3v) is 4.84. The molecule has 0 saturated carbocycles. The maximum absolute atomic E-state index is 12.4. The molecule has 2 saturated heterocycles. The second-order valence-electron chi connectivity index (χ2n) is 6.43.